The van der Waals surface area contributed by atoms with Crippen LogP contribution in [0.4, 0.5) is 0 Å². The topological polar surface area (TPSA) is 28.7 Å². The van der Waals surface area contributed by atoms with E-state index in [-0.39, 0.29) is 0 Å². The van der Waals surface area contributed by atoms with Crippen LogP contribution in [0.3, 0.4) is 0 Å². The number of rotatable bonds is 0. The van der Waals surface area contributed by atoms with Gasteiger partial charge in [0.05, 0.1) is 22.4 Å². The third-order valence-corrected chi connectivity index (χ3v) is 3.59. The number of nitrogens with zero attached hydrogens (tertiary/aromatic N) is 1. The molecule has 0 amide bonds. The minimum absolute atomic E-state index is 1.02. The Labute approximate surface area is 105 Å². The van der Waals surface area contributed by atoms with Gasteiger partial charge >= 0.3 is 0 Å². The zero-order chi connectivity index (χ0) is 12.1. The molecule has 1 aliphatic heterocycles. The summed E-state index contributed by atoms with van der Waals surface area (Å²) in [5.74, 6) is 0. The third-order valence-electron chi connectivity index (χ3n) is 3.59. The van der Waals surface area contributed by atoms with Gasteiger partial charge in [-0.25, -0.2) is 4.98 Å². The van der Waals surface area contributed by atoms with E-state index in [1.165, 1.54) is 16.3 Å². The standard InChI is InChI=1S/C16H12N2/c1-10-11-6-2-3-7-12(11)16-15(10)17-13-8-4-5-9-14(13)18-16/h2-9,18H,1H3. The predicted octanol–water partition coefficient (Wildman–Crippen LogP) is 4.13. The van der Waals surface area contributed by atoms with E-state index in [0.29, 0.717) is 0 Å². The highest BCUT2D eigenvalue weighted by molar-refractivity contribution is 6.04. The molecule has 0 radical (unpaired) electrons. The lowest BCUT2D eigenvalue weighted by molar-refractivity contribution is 1.29. The van der Waals surface area contributed by atoms with Crippen LogP contribution in [0.25, 0.3) is 33.2 Å². The number of H-pyrrole nitrogens is 1. The highest BCUT2D eigenvalue weighted by Gasteiger charge is 2.16. The molecule has 86 valence electrons. The summed E-state index contributed by atoms with van der Waals surface area (Å²) in [5, 5.41) is 2.54. The molecule has 1 N–H and O–H groups in total. The van der Waals surface area contributed by atoms with E-state index in [1.807, 2.05) is 18.2 Å². The number of aromatic amines is 1. The zero-order valence-corrected chi connectivity index (χ0v) is 10.1. The Hall–Kier alpha value is -2.35. The second-order valence-electron chi connectivity index (χ2n) is 4.65. The lowest BCUT2D eigenvalue weighted by Gasteiger charge is -2.04. The molecule has 0 spiro atoms. The number of fused-ring (bicyclic) bond motifs is 4. The van der Waals surface area contributed by atoms with E-state index in [1.54, 1.807) is 0 Å². The lowest BCUT2D eigenvalue weighted by atomic mass is 10.2. The van der Waals surface area contributed by atoms with Gasteiger partial charge in [-0.05, 0) is 30.0 Å². The first-order valence-electron chi connectivity index (χ1n) is 6.10. The van der Waals surface area contributed by atoms with Gasteiger partial charge in [-0.15, -0.1) is 0 Å². The summed E-state index contributed by atoms with van der Waals surface area (Å²) in [5.41, 5.74) is 5.57. The Morgan fingerprint density at radius 2 is 1.61 bits per heavy atom. The summed E-state index contributed by atoms with van der Waals surface area (Å²) in [7, 11) is 0. The van der Waals surface area contributed by atoms with E-state index in [4.69, 9.17) is 4.98 Å². The van der Waals surface area contributed by atoms with Crippen LogP contribution >= 0.6 is 0 Å². The average Bonchev–Trinajstić information content (AvgIpc) is 2.71. The van der Waals surface area contributed by atoms with E-state index >= 15 is 0 Å². The van der Waals surface area contributed by atoms with E-state index in [0.717, 1.165) is 22.4 Å². The second kappa shape index (κ2) is 3.33. The minimum Gasteiger partial charge on any atom is -0.351 e. The van der Waals surface area contributed by atoms with Crippen molar-refractivity contribution in [2.24, 2.45) is 0 Å². The number of para-hydroxylation sites is 2. The fraction of sp³-hybridized carbons (Fsp3) is 0.0625. The molecular formula is C16H12N2. The minimum atomic E-state index is 1.02. The first kappa shape index (κ1) is 9.66. The predicted molar refractivity (Wildman–Crippen MR) is 75.0 cm³/mol. The molecule has 0 unspecified atom stereocenters. The molecule has 2 aromatic rings. The quantitative estimate of drug-likeness (QED) is 0.485. The van der Waals surface area contributed by atoms with Crippen molar-refractivity contribution >= 4 is 21.8 Å². The van der Waals surface area contributed by atoms with Gasteiger partial charge in [0, 0.05) is 5.39 Å². The van der Waals surface area contributed by atoms with Crippen LogP contribution in [0.1, 0.15) is 5.56 Å². The average molecular weight is 232 g/mol. The van der Waals surface area contributed by atoms with Crippen LogP contribution in [0.5, 0.6) is 0 Å². The maximum Gasteiger partial charge on any atom is 0.0914 e. The normalized spacial score (nSPS) is 11.6. The Morgan fingerprint density at radius 1 is 0.889 bits per heavy atom. The van der Waals surface area contributed by atoms with Gasteiger partial charge in [-0.3, -0.25) is 0 Å². The van der Waals surface area contributed by atoms with Crippen molar-refractivity contribution in [1.82, 2.24) is 9.97 Å². The summed E-state index contributed by atoms with van der Waals surface area (Å²) in [6, 6.07) is 16.6. The Bertz CT molecular complexity index is 842. The molecule has 2 aliphatic rings. The maximum absolute atomic E-state index is 4.78. The largest absolute Gasteiger partial charge is 0.351 e. The van der Waals surface area contributed by atoms with Crippen molar-refractivity contribution in [2.45, 2.75) is 6.92 Å². The molecule has 1 heterocycles. The van der Waals surface area contributed by atoms with Gasteiger partial charge in [0.2, 0.25) is 0 Å². The van der Waals surface area contributed by atoms with Crippen molar-refractivity contribution in [3.63, 3.8) is 0 Å². The molecule has 18 heavy (non-hydrogen) atoms. The molecule has 0 bridgehead atoms. The molecule has 0 atom stereocenters. The SMILES string of the molecule is Cc1c2nc3ccccc3[nH]c-2c2ccccc12. The van der Waals surface area contributed by atoms with Crippen molar-refractivity contribution < 1.29 is 0 Å². The number of hydrogen-bond donors (Lipinski definition) is 1. The van der Waals surface area contributed by atoms with Gasteiger partial charge < -0.3 is 4.98 Å². The van der Waals surface area contributed by atoms with Crippen LogP contribution in [-0.4, -0.2) is 9.97 Å². The van der Waals surface area contributed by atoms with Crippen molar-refractivity contribution in [3.05, 3.63) is 54.1 Å². The fourth-order valence-electron chi connectivity index (χ4n) is 2.67. The van der Waals surface area contributed by atoms with Gasteiger partial charge in [-0.1, -0.05) is 36.4 Å². The summed E-state index contributed by atoms with van der Waals surface area (Å²) < 4.78 is 0. The molecule has 0 saturated heterocycles. The Morgan fingerprint density at radius 3 is 2.50 bits per heavy atom. The van der Waals surface area contributed by atoms with Gasteiger partial charge in [0.15, 0.2) is 0 Å². The molecule has 4 rings (SSSR count). The van der Waals surface area contributed by atoms with E-state index in [9.17, 15) is 0 Å². The number of benzene rings is 2. The van der Waals surface area contributed by atoms with Crippen LogP contribution in [-0.2, 0) is 0 Å². The summed E-state index contributed by atoms with van der Waals surface area (Å²) in [6.07, 6.45) is 0. The molecule has 2 aromatic carbocycles. The summed E-state index contributed by atoms with van der Waals surface area (Å²) >= 11 is 0. The fourth-order valence-corrected chi connectivity index (χ4v) is 2.67. The molecule has 0 fully saturated rings. The highest BCUT2D eigenvalue weighted by atomic mass is 14.8. The van der Waals surface area contributed by atoms with Crippen LogP contribution in [0, 0.1) is 6.92 Å². The monoisotopic (exact) mass is 232 g/mol. The molecule has 0 saturated carbocycles. The number of hydrogen-bond acceptors (Lipinski definition) is 1. The van der Waals surface area contributed by atoms with Crippen molar-refractivity contribution in [2.75, 3.05) is 0 Å². The highest BCUT2D eigenvalue weighted by Crippen LogP contribution is 2.36. The van der Waals surface area contributed by atoms with Crippen molar-refractivity contribution in [3.8, 4) is 11.4 Å². The third kappa shape index (κ3) is 1.15. The van der Waals surface area contributed by atoms with Crippen LogP contribution in [0.2, 0.25) is 0 Å². The van der Waals surface area contributed by atoms with Crippen molar-refractivity contribution in [1.29, 1.82) is 0 Å². The lowest BCUT2D eigenvalue weighted by Crippen LogP contribution is -1.90. The number of aromatic nitrogens is 2. The Balaban J connectivity index is 2.29. The van der Waals surface area contributed by atoms with Gasteiger partial charge in [0.1, 0.15) is 0 Å². The van der Waals surface area contributed by atoms with Gasteiger partial charge in [-0.2, -0.15) is 0 Å². The number of nitrogens with one attached hydrogen (secondary N) is 1. The smallest absolute Gasteiger partial charge is 0.0914 e. The van der Waals surface area contributed by atoms with Crippen LogP contribution < -0.4 is 0 Å². The zero-order valence-electron chi connectivity index (χ0n) is 10.1. The van der Waals surface area contributed by atoms with Gasteiger partial charge in [0.25, 0.3) is 0 Å². The first-order chi connectivity index (χ1) is 8.84. The van der Waals surface area contributed by atoms with E-state index < -0.39 is 0 Å². The number of aryl methyl sites for hydroxylation is 1. The molecular weight excluding hydrogens is 220 g/mol. The Kier molecular flexibility index (Phi) is 1.78. The maximum atomic E-state index is 4.78. The molecule has 2 nitrogen and oxygen atoms in total. The van der Waals surface area contributed by atoms with Crippen LogP contribution in [0.15, 0.2) is 48.5 Å². The summed E-state index contributed by atoms with van der Waals surface area (Å²) in [4.78, 5) is 8.29. The second-order valence-corrected chi connectivity index (χ2v) is 4.65. The summed E-state index contributed by atoms with van der Waals surface area (Å²) in [6.45, 7) is 2.14. The molecule has 2 heteroatoms. The first-order valence-corrected chi connectivity index (χ1v) is 6.10. The molecule has 1 aliphatic carbocycles. The molecule has 0 aromatic heterocycles. The van der Waals surface area contributed by atoms with E-state index in [2.05, 4.69) is 42.2 Å².